The lowest BCUT2D eigenvalue weighted by atomic mass is 10.1. The summed E-state index contributed by atoms with van der Waals surface area (Å²) in [6, 6.07) is 16.7. The third-order valence-corrected chi connectivity index (χ3v) is 6.34. The van der Waals surface area contributed by atoms with E-state index in [-0.39, 0.29) is 24.1 Å². The molecule has 1 atom stereocenters. The highest BCUT2D eigenvalue weighted by molar-refractivity contribution is 7.22. The number of thiophene rings is 1. The fraction of sp³-hybridized carbons (Fsp3) is 0.208. The van der Waals surface area contributed by atoms with Crippen molar-refractivity contribution in [2.24, 2.45) is 0 Å². The Labute approximate surface area is 189 Å². The van der Waals surface area contributed by atoms with Gasteiger partial charge in [-0.2, -0.15) is 0 Å². The van der Waals surface area contributed by atoms with Crippen LogP contribution in [0, 0.1) is 0 Å². The van der Waals surface area contributed by atoms with Crippen LogP contribution in [-0.4, -0.2) is 29.7 Å². The molecule has 2 aromatic heterocycles. The average Bonchev–Trinajstić information content (AvgIpc) is 3.26. The maximum atomic E-state index is 13.0. The summed E-state index contributed by atoms with van der Waals surface area (Å²) in [7, 11) is 3.21. The van der Waals surface area contributed by atoms with Gasteiger partial charge in [0, 0.05) is 10.4 Å². The number of rotatable bonds is 7. The quantitative estimate of drug-likeness (QED) is 0.461. The molecular weight excluding hydrogens is 426 g/mol. The van der Waals surface area contributed by atoms with Crippen molar-refractivity contribution in [3.8, 4) is 21.9 Å². The number of carbonyl (C=O) groups excluding carboxylic acids is 1. The smallest absolute Gasteiger partial charge is 0.271 e. The van der Waals surface area contributed by atoms with Crippen LogP contribution in [0.25, 0.3) is 20.7 Å². The lowest BCUT2D eigenvalue weighted by molar-refractivity contribution is -0.122. The highest BCUT2D eigenvalue weighted by Gasteiger charge is 2.16. The maximum absolute atomic E-state index is 13.0. The first-order valence-corrected chi connectivity index (χ1v) is 10.9. The molecule has 1 amide bonds. The standard InChI is InChI=1S/C24H23N3O4S/c1-15(18-6-4-5-7-20(18)31-3)26-22(28)13-27-14-25-19-12-21(32-23(19)24(27)29)16-8-10-17(30-2)11-9-16/h4-12,14-15H,13H2,1-3H3,(H,26,28)/t15-/m0/s1. The summed E-state index contributed by atoms with van der Waals surface area (Å²) in [6.45, 7) is 1.76. The predicted octanol–water partition coefficient (Wildman–Crippen LogP) is 4.02. The lowest BCUT2D eigenvalue weighted by Gasteiger charge is -2.17. The molecule has 7 nitrogen and oxygen atoms in total. The minimum absolute atomic E-state index is 0.114. The number of hydrogen-bond acceptors (Lipinski definition) is 6. The van der Waals surface area contributed by atoms with Gasteiger partial charge in [-0.25, -0.2) is 4.98 Å². The van der Waals surface area contributed by atoms with E-state index in [9.17, 15) is 9.59 Å². The van der Waals surface area contributed by atoms with Gasteiger partial charge in [0.15, 0.2) is 0 Å². The van der Waals surface area contributed by atoms with Crippen molar-refractivity contribution in [2.45, 2.75) is 19.5 Å². The second-order valence-electron chi connectivity index (χ2n) is 7.26. The van der Waals surface area contributed by atoms with Crippen LogP contribution in [0.15, 0.2) is 65.7 Å². The third-order valence-electron chi connectivity index (χ3n) is 5.18. The molecule has 0 saturated carbocycles. The zero-order valence-electron chi connectivity index (χ0n) is 18.0. The summed E-state index contributed by atoms with van der Waals surface area (Å²) >= 11 is 1.36. The van der Waals surface area contributed by atoms with E-state index in [2.05, 4.69) is 10.3 Å². The topological polar surface area (TPSA) is 82.5 Å². The van der Waals surface area contributed by atoms with Crippen LogP contribution in [0.4, 0.5) is 0 Å². The molecule has 4 aromatic rings. The van der Waals surface area contributed by atoms with E-state index in [1.807, 2.05) is 61.5 Å². The molecule has 0 spiro atoms. The van der Waals surface area contributed by atoms with Gasteiger partial charge in [0.25, 0.3) is 5.56 Å². The molecule has 2 aromatic carbocycles. The van der Waals surface area contributed by atoms with E-state index in [1.165, 1.54) is 22.2 Å². The monoisotopic (exact) mass is 449 g/mol. The zero-order chi connectivity index (χ0) is 22.7. The van der Waals surface area contributed by atoms with Crippen molar-refractivity contribution < 1.29 is 14.3 Å². The van der Waals surface area contributed by atoms with Crippen LogP contribution >= 0.6 is 11.3 Å². The van der Waals surface area contributed by atoms with Crippen LogP contribution < -0.4 is 20.3 Å². The van der Waals surface area contributed by atoms with Crippen molar-refractivity contribution >= 4 is 27.5 Å². The summed E-state index contributed by atoms with van der Waals surface area (Å²) in [5.41, 5.74) is 2.22. The second kappa shape index (κ2) is 9.23. The van der Waals surface area contributed by atoms with Gasteiger partial charge in [-0.15, -0.1) is 11.3 Å². The first-order valence-electron chi connectivity index (χ1n) is 10.1. The number of carbonyl (C=O) groups is 1. The van der Waals surface area contributed by atoms with E-state index >= 15 is 0 Å². The summed E-state index contributed by atoms with van der Waals surface area (Å²) < 4.78 is 12.4. The lowest BCUT2D eigenvalue weighted by Crippen LogP contribution is -2.33. The highest BCUT2D eigenvalue weighted by atomic mass is 32.1. The number of fused-ring (bicyclic) bond motifs is 1. The molecule has 0 bridgehead atoms. The van der Waals surface area contributed by atoms with E-state index in [1.54, 1.807) is 14.2 Å². The van der Waals surface area contributed by atoms with Crippen LogP contribution in [-0.2, 0) is 11.3 Å². The second-order valence-corrected chi connectivity index (χ2v) is 8.31. The van der Waals surface area contributed by atoms with Gasteiger partial charge in [0.1, 0.15) is 22.7 Å². The largest absolute Gasteiger partial charge is 0.497 e. The zero-order valence-corrected chi connectivity index (χ0v) is 18.8. The van der Waals surface area contributed by atoms with Gasteiger partial charge >= 0.3 is 0 Å². The van der Waals surface area contributed by atoms with Crippen molar-refractivity contribution in [3.05, 3.63) is 76.8 Å². The number of hydrogen-bond donors (Lipinski definition) is 1. The molecule has 0 aliphatic heterocycles. The van der Waals surface area contributed by atoms with Crippen molar-refractivity contribution in [3.63, 3.8) is 0 Å². The fourth-order valence-electron chi connectivity index (χ4n) is 3.50. The van der Waals surface area contributed by atoms with E-state index in [4.69, 9.17) is 9.47 Å². The molecule has 0 fully saturated rings. The van der Waals surface area contributed by atoms with Gasteiger partial charge in [-0.05, 0) is 48.9 Å². The Balaban J connectivity index is 1.53. The van der Waals surface area contributed by atoms with Crippen molar-refractivity contribution in [2.75, 3.05) is 14.2 Å². The Bertz CT molecular complexity index is 1310. The first-order chi connectivity index (χ1) is 15.5. The Kier molecular flexibility index (Phi) is 6.23. The first kappa shape index (κ1) is 21.6. The van der Waals surface area contributed by atoms with Gasteiger partial charge in [-0.1, -0.05) is 18.2 Å². The molecule has 0 radical (unpaired) electrons. The van der Waals surface area contributed by atoms with Crippen LogP contribution in [0.2, 0.25) is 0 Å². The number of methoxy groups -OCH3 is 2. The number of ether oxygens (including phenoxy) is 2. The Hall–Kier alpha value is -3.65. The van der Waals surface area contributed by atoms with E-state index < -0.39 is 0 Å². The van der Waals surface area contributed by atoms with Crippen molar-refractivity contribution in [1.82, 2.24) is 14.9 Å². The van der Waals surface area contributed by atoms with Crippen LogP contribution in [0.5, 0.6) is 11.5 Å². The molecular formula is C24H23N3O4S. The van der Waals surface area contributed by atoms with Crippen LogP contribution in [0.1, 0.15) is 18.5 Å². The molecule has 32 heavy (non-hydrogen) atoms. The predicted molar refractivity (Wildman–Crippen MR) is 125 cm³/mol. The van der Waals surface area contributed by atoms with Gasteiger partial charge in [0.05, 0.1) is 32.1 Å². The number of nitrogens with one attached hydrogen (secondary N) is 1. The fourth-order valence-corrected chi connectivity index (χ4v) is 4.56. The van der Waals surface area contributed by atoms with E-state index in [0.29, 0.717) is 16.0 Å². The summed E-state index contributed by atoms with van der Waals surface area (Å²) in [5, 5.41) is 2.92. The average molecular weight is 450 g/mol. The molecule has 2 heterocycles. The third kappa shape index (κ3) is 4.36. The minimum atomic E-state index is -0.279. The number of para-hydroxylation sites is 1. The molecule has 4 rings (SSSR count). The number of benzene rings is 2. The molecule has 0 aliphatic carbocycles. The van der Waals surface area contributed by atoms with Gasteiger partial charge in [0.2, 0.25) is 5.91 Å². The number of amides is 1. The van der Waals surface area contributed by atoms with E-state index in [0.717, 1.165) is 21.8 Å². The van der Waals surface area contributed by atoms with Gasteiger partial charge < -0.3 is 14.8 Å². The Morgan fingerprint density at radius 3 is 2.59 bits per heavy atom. The summed E-state index contributed by atoms with van der Waals surface area (Å²) in [4.78, 5) is 30.9. The normalized spacial score (nSPS) is 11.8. The molecule has 1 N–H and O–H groups in total. The Morgan fingerprint density at radius 2 is 1.88 bits per heavy atom. The van der Waals surface area contributed by atoms with Crippen LogP contribution in [0.3, 0.4) is 0 Å². The number of aromatic nitrogens is 2. The maximum Gasteiger partial charge on any atom is 0.271 e. The summed E-state index contributed by atoms with van der Waals surface area (Å²) in [5.74, 6) is 1.19. The molecule has 164 valence electrons. The van der Waals surface area contributed by atoms with Gasteiger partial charge in [-0.3, -0.25) is 14.2 Å². The Morgan fingerprint density at radius 1 is 1.12 bits per heavy atom. The minimum Gasteiger partial charge on any atom is -0.497 e. The number of nitrogens with zero attached hydrogens (tertiary/aromatic N) is 2. The highest BCUT2D eigenvalue weighted by Crippen LogP contribution is 2.31. The summed E-state index contributed by atoms with van der Waals surface area (Å²) in [6.07, 6.45) is 1.42. The van der Waals surface area contributed by atoms with Crippen molar-refractivity contribution in [1.29, 1.82) is 0 Å². The SMILES string of the molecule is COc1ccc(-c2cc3ncn(CC(=O)N[C@@H](C)c4ccccc4OC)c(=O)c3s2)cc1. The molecule has 8 heteroatoms. The molecule has 0 aliphatic rings. The molecule has 0 saturated heterocycles. The molecule has 0 unspecified atom stereocenters.